The van der Waals surface area contributed by atoms with Crippen molar-refractivity contribution in [2.45, 2.75) is 45.1 Å². The zero-order valence-corrected chi connectivity index (χ0v) is 22.1. The second-order valence-electron chi connectivity index (χ2n) is 7.47. The van der Waals surface area contributed by atoms with Gasteiger partial charge < -0.3 is 21.2 Å². The Morgan fingerprint density at radius 2 is 2.17 bits per heavy atom. The zero-order valence-electron chi connectivity index (χ0n) is 17.2. The smallest absolute Gasteiger partial charge is 0.384 e. The van der Waals surface area contributed by atoms with Gasteiger partial charge in [0.2, 0.25) is 0 Å². The summed E-state index contributed by atoms with van der Waals surface area (Å²) >= 11 is 0. The van der Waals surface area contributed by atoms with E-state index in [4.69, 9.17) is 5.73 Å². The number of rotatable bonds is 5. The van der Waals surface area contributed by atoms with Gasteiger partial charge in [-0.2, -0.15) is 0 Å². The van der Waals surface area contributed by atoms with Gasteiger partial charge in [-0.25, -0.2) is 24.7 Å². The zero-order chi connectivity index (χ0) is 20.8. The second-order valence-corrected chi connectivity index (χ2v) is 7.47. The van der Waals surface area contributed by atoms with Crippen LogP contribution in [-0.2, 0) is 4.79 Å². The number of nitrogens with zero attached hydrogens (tertiary/aromatic N) is 2. The summed E-state index contributed by atoms with van der Waals surface area (Å²) in [6.45, 7) is 4.19. The van der Waals surface area contributed by atoms with Crippen molar-refractivity contribution < 1.29 is 71.8 Å². The third kappa shape index (κ3) is 4.76. The van der Waals surface area contributed by atoms with Crippen molar-refractivity contribution >= 4 is 34.0 Å². The molecule has 6 nitrogen and oxygen atoms in total. The number of amides is 1. The number of allylic oxidation sites excluding steroid dienone is 2. The molecule has 1 aliphatic heterocycles. The van der Waals surface area contributed by atoms with E-state index in [1.165, 1.54) is 6.07 Å². The fraction of sp³-hybridized carbons (Fsp3) is 0.333. The predicted octanol–water partition coefficient (Wildman–Crippen LogP) is 0.827. The molecule has 4 N–H and O–H groups in total. The summed E-state index contributed by atoms with van der Waals surface area (Å²) in [5.41, 5.74) is 9.61. The van der Waals surface area contributed by atoms with E-state index in [1.54, 1.807) is 6.20 Å². The molecule has 1 fully saturated rings. The van der Waals surface area contributed by atoms with Crippen LogP contribution in [0.1, 0.15) is 38.7 Å². The Labute approximate surface area is 222 Å². The number of dihydropyridines is 1. The molecule has 2 aliphatic rings. The molecule has 1 aliphatic carbocycles. The normalized spacial score (nSPS) is 19.3. The van der Waals surface area contributed by atoms with Gasteiger partial charge in [0, 0.05) is 41.0 Å². The number of carbonyl (C=O) groups excluding carboxylic acids is 1. The number of pyridine rings is 2. The standard InChI is InChI=1S/C21H22F2N5O.Rb/c1-3-4-13-5-11(2)15(10-25-13)14-6-12-9-26-18(7-17(12)27-19(14)24)28-20(29)16-8-21(16,22)23;/h5-7,9-10,13,25H,3-4,8H2,1-2H3,(H2,24,27)(H,26,28,29);/q-1;+1. The van der Waals surface area contributed by atoms with Crippen LogP contribution in [0.25, 0.3) is 16.5 Å². The van der Waals surface area contributed by atoms with Gasteiger partial charge in [0.05, 0.1) is 11.4 Å². The number of anilines is 2. The van der Waals surface area contributed by atoms with Crippen LogP contribution >= 0.6 is 0 Å². The third-order valence-corrected chi connectivity index (χ3v) is 5.17. The molecular weight excluding hydrogens is 462 g/mol. The molecule has 4 rings (SSSR count). The number of nitrogens with two attached hydrogens (primary N) is 1. The van der Waals surface area contributed by atoms with Crippen LogP contribution < -0.4 is 74.6 Å². The minimum absolute atomic E-state index is 0. The fourth-order valence-corrected chi connectivity index (χ4v) is 3.49. The van der Waals surface area contributed by atoms with Crippen molar-refractivity contribution in [2.24, 2.45) is 0 Å². The molecule has 2 aromatic rings. The quantitative estimate of drug-likeness (QED) is 0.548. The number of aromatic nitrogens is 2. The summed E-state index contributed by atoms with van der Waals surface area (Å²) in [5, 5.41) is 6.51. The number of nitrogen functional groups attached to an aromatic ring is 1. The number of halogens is 2. The van der Waals surface area contributed by atoms with Crippen molar-refractivity contribution in [3.05, 3.63) is 47.7 Å². The molecule has 1 amide bonds. The van der Waals surface area contributed by atoms with Crippen LogP contribution in [0, 0.1) is 5.92 Å². The Kier molecular flexibility index (Phi) is 7.01. The van der Waals surface area contributed by atoms with E-state index in [0.717, 1.165) is 34.9 Å². The maximum atomic E-state index is 13.0. The Morgan fingerprint density at radius 1 is 1.43 bits per heavy atom. The molecule has 0 spiro atoms. The largest absolute Gasteiger partial charge is 1.00 e. The Bertz CT molecular complexity index is 1050. The first kappa shape index (κ1) is 23.3. The maximum Gasteiger partial charge on any atom is 1.00 e. The number of hydrogen-bond acceptors (Lipinski definition) is 5. The van der Waals surface area contributed by atoms with Gasteiger partial charge in [-0.05, 0) is 25.0 Å². The molecule has 1 atom stereocenters. The maximum absolute atomic E-state index is 13.0. The summed E-state index contributed by atoms with van der Waals surface area (Å²) in [5.74, 6) is -3.73. The number of fused-ring (bicyclic) bond motifs is 1. The fourth-order valence-electron chi connectivity index (χ4n) is 3.49. The molecule has 1 saturated carbocycles. The summed E-state index contributed by atoms with van der Waals surface area (Å²) < 4.78 is 26.0. The molecule has 9 heteroatoms. The molecule has 0 bridgehead atoms. The Morgan fingerprint density at radius 3 is 2.80 bits per heavy atom. The minimum Gasteiger partial charge on any atom is -0.384 e. The first-order valence-electron chi connectivity index (χ1n) is 9.55. The molecule has 30 heavy (non-hydrogen) atoms. The van der Waals surface area contributed by atoms with Crippen molar-refractivity contribution in [1.29, 1.82) is 0 Å². The van der Waals surface area contributed by atoms with Crippen LogP contribution in [0.3, 0.4) is 0 Å². The van der Waals surface area contributed by atoms with Crippen LogP contribution in [0.5, 0.6) is 0 Å². The van der Waals surface area contributed by atoms with E-state index in [9.17, 15) is 13.6 Å². The Balaban J connectivity index is 0.00000256. The van der Waals surface area contributed by atoms with E-state index in [-0.39, 0.29) is 64.0 Å². The van der Waals surface area contributed by atoms with E-state index in [2.05, 4.69) is 33.6 Å². The molecular formula is C21H22F2N5ORb. The topological polar surface area (TPSA) is 92.9 Å². The molecule has 2 aromatic heterocycles. The van der Waals surface area contributed by atoms with Gasteiger partial charge in [0.1, 0.15) is 17.6 Å². The van der Waals surface area contributed by atoms with Crippen LogP contribution in [0.2, 0.25) is 0 Å². The molecule has 152 valence electrons. The van der Waals surface area contributed by atoms with E-state index < -0.39 is 24.2 Å². The summed E-state index contributed by atoms with van der Waals surface area (Å²) in [6, 6.07) is 3.73. The first-order chi connectivity index (χ1) is 13.8. The summed E-state index contributed by atoms with van der Waals surface area (Å²) in [7, 11) is 0. The van der Waals surface area contributed by atoms with Crippen molar-refractivity contribution in [3.8, 4) is 0 Å². The molecule has 0 radical (unpaired) electrons. The van der Waals surface area contributed by atoms with Crippen molar-refractivity contribution in [2.75, 3.05) is 11.1 Å². The number of hydrogen-bond donors (Lipinski definition) is 3. The van der Waals surface area contributed by atoms with Gasteiger partial charge in [0.25, 0.3) is 0 Å². The minimum atomic E-state index is -3.00. The number of alkyl halides is 2. The average molecular weight is 484 g/mol. The summed E-state index contributed by atoms with van der Waals surface area (Å²) in [4.78, 5) is 20.4. The van der Waals surface area contributed by atoms with Crippen molar-refractivity contribution in [1.82, 2.24) is 15.3 Å². The number of carbonyl (C=O) groups is 1. The van der Waals surface area contributed by atoms with Gasteiger partial charge in [-0.1, -0.05) is 19.4 Å². The van der Waals surface area contributed by atoms with E-state index in [1.807, 2.05) is 19.2 Å². The first-order valence-corrected chi connectivity index (χ1v) is 9.55. The number of nitrogens with one attached hydrogen (secondary N) is 2. The molecule has 0 aromatic carbocycles. The summed E-state index contributed by atoms with van der Waals surface area (Å²) in [6.07, 6.45) is 7.33. The van der Waals surface area contributed by atoms with Gasteiger partial charge in [-0.3, -0.25) is 0 Å². The van der Waals surface area contributed by atoms with Gasteiger partial charge in [0.15, 0.2) is 0 Å². The van der Waals surface area contributed by atoms with Gasteiger partial charge in [-0.15, -0.1) is 6.42 Å². The van der Waals surface area contributed by atoms with Crippen LogP contribution in [0.15, 0.2) is 36.2 Å². The third-order valence-electron chi connectivity index (χ3n) is 5.17. The SMILES string of the molecule is CCCC1C=C(C)C(c2cc3cnc(NC(=O)[C-]4CC4(F)F)cc3nc2N)=CN1.[Rb+]. The van der Waals surface area contributed by atoms with Gasteiger partial charge >= 0.3 is 58.2 Å². The van der Waals surface area contributed by atoms with E-state index in [0.29, 0.717) is 17.4 Å². The molecule has 0 saturated heterocycles. The van der Waals surface area contributed by atoms with Crippen LogP contribution in [0.4, 0.5) is 20.4 Å². The monoisotopic (exact) mass is 483 g/mol. The van der Waals surface area contributed by atoms with Crippen LogP contribution in [-0.4, -0.2) is 27.8 Å². The molecule has 1 unspecified atom stereocenters. The van der Waals surface area contributed by atoms with E-state index >= 15 is 0 Å². The van der Waals surface area contributed by atoms with Crippen molar-refractivity contribution in [3.63, 3.8) is 0 Å². The molecule has 3 heterocycles. The Hall–Kier alpha value is -1.35. The average Bonchev–Trinajstić information content (AvgIpc) is 3.30. The predicted molar refractivity (Wildman–Crippen MR) is 109 cm³/mol. The second kappa shape index (κ2) is 9.02.